The fourth-order valence-corrected chi connectivity index (χ4v) is 0.749. The van der Waals surface area contributed by atoms with Crippen LogP contribution in [0.25, 0.3) is 0 Å². The van der Waals surface area contributed by atoms with E-state index in [2.05, 4.69) is 15.7 Å². The Labute approximate surface area is 93.3 Å². The number of aliphatic carboxylic acids is 1. The molecule has 0 bridgehead atoms. The molecule has 0 spiro atoms. The summed E-state index contributed by atoms with van der Waals surface area (Å²) in [5, 5.41) is 8.48. The molecular weight excluding hydrogens is 285 g/mol. The first-order valence-electron chi connectivity index (χ1n) is 4.00. The number of carbonyl (C=O) groups is 1. The van der Waals surface area contributed by atoms with E-state index in [9.17, 15) is 4.79 Å². The van der Waals surface area contributed by atoms with Crippen molar-refractivity contribution in [1.29, 1.82) is 0 Å². The number of hydrogen-bond donors (Lipinski definition) is 5. The molecule has 0 aliphatic rings. The van der Waals surface area contributed by atoms with Crippen molar-refractivity contribution in [3.8, 4) is 0 Å². The monoisotopic (exact) mass is 297 g/mol. The zero-order chi connectivity index (χ0) is 12.8. The van der Waals surface area contributed by atoms with Crippen LogP contribution in [0.1, 0.15) is 5.69 Å². The predicted octanol–water partition coefficient (Wildman–Crippen LogP) is -4.16. The maximum absolute atomic E-state index is 10.3. The predicted molar refractivity (Wildman–Crippen MR) is 47.5 cm³/mol. The summed E-state index contributed by atoms with van der Waals surface area (Å²) in [6.07, 6.45) is 3.51. The number of nitrogens with one attached hydrogen (secondary N) is 1. The van der Waals surface area contributed by atoms with Crippen LogP contribution in [-0.4, -0.2) is 49.8 Å². The molecule has 0 saturated heterocycles. The van der Waals surface area contributed by atoms with Crippen molar-refractivity contribution in [3.63, 3.8) is 0 Å². The second-order valence-electron chi connectivity index (χ2n) is 2.81. The van der Waals surface area contributed by atoms with Crippen LogP contribution in [0.2, 0.25) is 0 Å². The van der Waals surface area contributed by atoms with Gasteiger partial charge in [0.05, 0.1) is 12.7 Å². The Morgan fingerprint density at radius 3 is 2.50 bits per heavy atom. The van der Waals surface area contributed by atoms with Crippen LogP contribution in [0.15, 0.2) is 12.5 Å². The molecule has 1 rings (SSSR count). The first-order chi connectivity index (χ1) is 7.20. The van der Waals surface area contributed by atoms with Crippen molar-refractivity contribution >= 4 is 20.5 Å². The second-order valence-corrected chi connectivity index (χ2v) is 4.87. The van der Waals surface area contributed by atoms with Crippen LogP contribution in [0.5, 0.6) is 0 Å². The van der Waals surface area contributed by atoms with Gasteiger partial charge in [-0.05, 0) is 0 Å². The first kappa shape index (κ1) is 14.9. The summed E-state index contributed by atoms with van der Waals surface area (Å²) in [5.74, 6) is -0.889. The molecule has 1 heterocycles. The fourth-order valence-electron chi connectivity index (χ4n) is 0.749. The third-order valence-electron chi connectivity index (χ3n) is 1.37. The minimum Gasteiger partial charge on any atom is -0.477 e. The van der Waals surface area contributed by atoms with Gasteiger partial charge in [0.1, 0.15) is 0 Å². The minimum absolute atomic E-state index is 0.398. The number of hydrogen-bond acceptors (Lipinski definition) is 4. The summed E-state index contributed by atoms with van der Waals surface area (Å²) >= 11 is -5.38. The Hall–Kier alpha value is -1.12. The Morgan fingerprint density at radius 1 is 1.69 bits per heavy atom. The van der Waals surface area contributed by atoms with Crippen LogP contribution < -0.4 is 9.83 Å². The van der Waals surface area contributed by atoms with E-state index < -0.39 is 26.5 Å². The van der Waals surface area contributed by atoms with Gasteiger partial charge in [0.15, 0.2) is 6.04 Å². The molecule has 10 heteroatoms. The third kappa shape index (κ3) is 9.43. The van der Waals surface area contributed by atoms with E-state index >= 15 is 0 Å². The molecule has 0 fully saturated rings. The second kappa shape index (κ2) is 6.46. The van der Waals surface area contributed by atoms with Crippen molar-refractivity contribution in [2.24, 2.45) is 0 Å². The van der Waals surface area contributed by atoms with Crippen LogP contribution >= 0.6 is 0 Å². The van der Waals surface area contributed by atoms with Gasteiger partial charge in [0.25, 0.3) is 0 Å². The van der Waals surface area contributed by atoms with Gasteiger partial charge in [-0.2, -0.15) is 0 Å². The quantitative estimate of drug-likeness (QED) is 0.352. The molecule has 1 aromatic rings. The van der Waals surface area contributed by atoms with Crippen molar-refractivity contribution in [1.82, 2.24) is 9.97 Å². The van der Waals surface area contributed by atoms with Gasteiger partial charge in [-0.15, -0.1) is 0 Å². The summed E-state index contributed by atoms with van der Waals surface area (Å²) in [7, 11) is 0. The number of carboxylic acid groups (broad SMARTS) is 1. The van der Waals surface area contributed by atoms with Gasteiger partial charge >= 0.3 is 36.5 Å². The van der Waals surface area contributed by atoms with E-state index in [1.807, 2.05) is 0 Å². The summed E-state index contributed by atoms with van der Waals surface area (Å²) in [4.78, 5) is 16.9. The van der Waals surface area contributed by atoms with E-state index in [-0.39, 0.29) is 0 Å². The molecule has 9 nitrogen and oxygen atoms in total. The molecule has 7 N–H and O–H groups in total. The molecule has 0 aromatic carbocycles. The molecule has 0 aliphatic heterocycles. The van der Waals surface area contributed by atoms with E-state index in [1.54, 1.807) is 6.20 Å². The van der Waals surface area contributed by atoms with Crippen LogP contribution in [0.3, 0.4) is 0 Å². The van der Waals surface area contributed by atoms with Gasteiger partial charge in [-0.1, -0.05) is 0 Å². The number of rotatable bonds is 3. The number of carboxylic acids is 1. The van der Waals surface area contributed by atoms with Gasteiger partial charge in [-0.3, -0.25) is 0 Å². The number of imidazole rings is 1. The van der Waals surface area contributed by atoms with Crippen molar-refractivity contribution in [2.75, 3.05) is 0 Å². The van der Waals surface area contributed by atoms with Crippen LogP contribution in [-0.2, 0) is 15.0 Å². The topological polar surface area (TPSA) is 174 Å². The largest absolute Gasteiger partial charge is 0.477 e. The molecule has 0 radical (unpaired) electrons. The average Bonchev–Trinajstić information content (AvgIpc) is 2.53. The van der Waals surface area contributed by atoms with Gasteiger partial charge in [0, 0.05) is 11.9 Å². The van der Waals surface area contributed by atoms with Gasteiger partial charge < -0.3 is 15.8 Å². The minimum atomic E-state index is -5.38. The maximum Gasteiger partial charge on any atom is 0.362 e. The molecule has 0 saturated carbocycles. The van der Waals surface area contributed by atoms with Crippen molar-refractivity contribution in [3.05, 3.63) is 18.2 Å². The number of aromatic amines is 1. The zero-order valence-electron chi connectivity index (χ0n) is 8.11. The van der Waals surface area contributed by atoms with Crippen LogP contribution in [0, 0.1) is 0 Å². The average molecular weight is 297 g/mol. The number of quaternary nitrogens is 1. The van der Waals surface area contributed by atoms with E-state index in [0.717, 1.165) is 5.69 Å². The molecule has 92 valence electrons. The molecule has 0 amide bonds. The molecular formula is C6H12AsN3O6. The zero-order valence-corrected chi connectivity index (χ0v) is 9.98. The Morgan fingerprint density at radius 2 is 2.19 bits per heavy atom. The van der Waals surface area contributed by atoms with Gasteiger partial charge in [0.2, 0.25) is 0 Å². The molecule has 0 unspecified atom stereocenters. The molecule has 0 aliphatic carbocycles. The van der Waals surface area contributed by atoms with E-state index in [0.29, 0.717) is 6.42 Å². The fraction of sp³-hybridized carbons (Fsp3) is 0.333. The Balaban J connectivity index is 0.000000385. The summed E-state index contributed by atoms with van der Waals surface area (Å²) in [6, 6.07) is -0.601. The summed E-state index contributed by atoms with van der Waals surface area (Å²) in [5.41, 5.74) is 4.26. The molecule has 1 atom stereocenters. The van der Waals surface area contributed by atoms with Crippen LogP contribution in [0.4, 0.5) is 0 Å². The third-order valence-corrected chi connectivity index (χ3v) is 1.37. The van der Waals surface area contributed by atoms with Crippen molar-refractivity contribution in [2.45, 2.75) is 12.5 Å². The molecule has 16 heavy (non-hydrogen) atoms. The smallest absolute Gasteiger partial charge is 0.362 e. The van der Waals surface area contributed by atoms with Gasteiger partial charge in [-0.25, -0.2) is 9.78 Å². The van der Waals surface area contributed by atoms with E-state index in [4.69, 9.17) is 21.1 Å². The van der Waals surface area contributed by atoms with E-state index in [1.165, 1.54) is 6.33 Å². The summed E-state index contributed by atoms with van der Waals surface area (Å²) in [6.45, 7) is 0. The van der Waals surface area contributed by atoms with Crippen molar-refractivity contribution < 1.29 is 31.7 Å². The molecule has 1 aromatic heterocycles. The Bertz CT molecular complexity index is 352. The first-order valence-corrected chi connectivity index (χ1v) is 7.21. The SMILES string of the molecule is O=[As]([O-])(O)O.[NH3+][C@@H](Cc1cnc[nH]1)C(=O)O. The number of H-pyrrole nitrogens is 1. The number of aromatic nitrogens is 2. The maximum atomic E-state index is 10.3. The number of nitrogens with zero attached hydrogens (tertiary/aromatic N) is 1. The Kier molecular flexibility index (Phi) is 6.01. The standard InChI is InChI=1S/C6H9N3O2.AsH3O4/c7-5(6(10)11)1-4-2-8-3-9-4;2-1(3,4)5/h2-3,5H,1,7H2,(H,8,9)(H,10,11);(H3,2,3,4,5)/t5-;/m0./s1. The normalized spacial score (nSPS) is 12.5. The summed E-state index contributed by atoms with van der Waals surface area (Å²) < 4.78 is 31.9.